The SMILES string of the molecule is CC1(C)c2ccccc2-c2cccc(C3=C(c4cccc5c4C(C)(C)c4ccccc4-5)C(c4ccccc4)=C4C3=C(c3cccc5c3C(C)(C)c3ccccc3-5)c3cc(N(c5ccc6ccccc6c5)c5ccc6ccccc6c5)c(N(c5ccc6ccccc6c5)c5ccc6ccccc6c5)cc34)c21. The van der Waals surface area contributed by atoms with Crippen LogP contribution in [-0.4, -0.2) is 0 Å². The molecule has 0 heterocycles. The predicted molar refractivity (Wildman–Crippen MR) is 444 cm³/mol. The molecule has 105 heavy (non-hydrogen) atoms. The van der Waals surface area contributed by atoms with Crippen LogP contribution < -0.4 is 9.80 Å². The van der Waals surface area contributed by atoms with Crippen LogP contribution in [0.1, 0.15) is 108 Å². The molecular weight excluding hydrogens is 1270 g/mol. The van der Waals surface area contributed by atoms with Crippen LogP contribution in [0.2, 0.25) is 0 Å². The number of rotatable bonds is 10. The maximum atomic E-state index is 2.64. The minimum absolute atomic E-state index is 0.360. The van der Waals surface area contributed by atoms with Crippen LogP contribution in [0.15, 0.2) is 345 Å². The zero-order valence-corrected chi connectivity index (χ0v) is 59.7. The maximum absolute atomic E-state index is 2.64. The summed E-state index contributed by atoms with van der Waals surface area (Å²) < 4.78 is 0. The summed E-state index contributed by atoms with van der Waals surface area (Å²) in [5.74, 6) is 0. The third-order valence-corrected chi connectivity index (χ3v) is 24.2. The number of hydrogen-bond donors (Lipinski definition) is 0. The molecule has 0 atom stereocenters. The van der Waals surface area contributed by atoms with E-state index in [0.29, 0.717) is 0 Å². The van der Waals surface area contributed by atoms with Gasteiger partial charge in [-0.05, 0) is 237 Å². The molecular formula is C103H74N2. The van der Waals surface area contributed by atoms with Gasteiger partial charge >= 0.3 is 0 Å². The van der Waals surface area contributed by atoms with Gasteiger partial charge in [0, 0.05) is 39.0 Å². The van der Waals surface area contributed by atoms with Crippen LogP contribution in [0.5, 0.6) is 0 Å². The molecule has 0 N–H and O–H groups in total. The molecule has 0 spiro atoms. The highest BCUT2D eigenvalue weighted by atomic mass is 15.2. The van der Waals surface area contributed by atoms with Gasteiger partial charge in [-0.3, -0.25) is 0 Å². The fraction of sp³-hybridized carbons (Fsp3) is 0.0874. The van der Waals surface area contributed by atoms with E-state index in [9.17, 15) is 0 Å². The van der Waals surface area contributed by atoms with Crippen molar-refractivity contribution >= 4 is 105 Å². The Labute approximate surface area is 614 Å². The zero-order valence-electron chi connectivity index (χ0n) is 59.7. The second kappa shape index (κ2) is 22.7. The highest BCUT2D eigenvalue weighted by molar-refractivity contribution is 6.40. The molecule has 0 fully saturated rings. The predicted octanol–water partition coefficient (Wildman–Crippen LogP) is 27.5. The lowest BCUT2D eigenvalue weighted by Crippen LogP contribution is -2.19. The fourth-order valence-corrected chi connectivity index (χ4v) is 19.6. The lowest BCUT2D eigenvalue weighted by Gasteiger charge is -2.35. The van der Waals surface area contributed by atoms with E-state index in [-0.39, 0.29) is 10.8 Å². The Bertz CT molecular complexity index is 6400. The Morgan fingerprint density at radius 3 is 0.810 bits per heavy atom. The summed E-state index contributed by atoms with van der Waals surface area (Å²) in [5.41, 5.74) is 35.9. The minimum Gasteiger partial charge on any atom is -0.308 e. The summed E-state index contributed by atoms with van der Waals surface area (Å²) in [4.78, 5) is 5.17. The highest BCUT2D eigenvalue weighted by Crippen LogP contribution is 2.68. The summed E-state index contributed by atoms with van der Waals surface area (Å²) in [6.45, 7) is 14.8. The molecule has 0 aliphatic heterocycles. The van der Waals surface area contributed by atoms with Gasteiger partial charge in [-0.15, -0.1) is 0 Å². The molecule has 496 valence electrons. The number of fused-ring (bicyclic) bond motifs is 16. The van der Waals surface area contributed by atoms with Crippen molar-refractivity contribution in [3.05, 3.63) is 412 Å². The van der Waals surface area contributed by atoms with Gasteiger partial charge in [-0.25, -0.2) is 0 Å². The van der Waals surface area contributed by atoms with Crippen LogP contribution in [0.3, 0.4) is 0 Å². The van der Waals surface area contributed by atoms with Crippen LogP contribution >= 0.6 is 0 Å². The summed E-state index contributed by atoms with van der Waals surface area (Å²) >= 11 is 0. The first-order valence-electron chi connectivity index (χ1n) is 37.1. The Morgan fingerprint density at radius 1 is 0.181 bits per heavy atom. The zero-order chi connectivity index (χ0) is 70.2. The van der Waals surface area contributed by atoms with Crippen LogP contribution in [0, 0.1) is 0 Å². The molecule has 0 bridgehead atoms. The quantitative estimate of drug-likeness (QED) is 0.135. The van der Waals surface area contributed by atoms with E-state index in [1.165, 1.54) is 177 Å². The van der Waals surface area contributed by atoms with Crippen molar-refractivity contribution in [2.45, 2.75) is 57.8 Å². The molecule has 0 saturated heterocycles. The first kappa shape index (κ1) is 61.1. The van der Waals surface area contributed by atoms with Crippen molar-refractivity contribution in [3.8, 4) is 33.4 Å². The van der Waals surface area contributed by atoms with Gasteiger partial charge < -0.3 is 9.80 Å². The van der Waals surface area contributed by atoms with E-state index in [0.717, 1.165) is 34.1 Å². The van der Waals surface area contributed by atoms with Gasteiger partial charge in [0.25, 0.3) is 0 Å². The average Bonchev–Trinajstić information content (AvgIpc) is 1.51. The summed E-state index contributed by atoms with van der Waals surface area (Å²) in [6.07, 6.45) is 0. The minimum atomic E-state index is -0.391. The van der Waals surface area contributed by atoms with Crippen molar-refractivity contribution in [2.75, 3.05) is 9.80 Å². The van der Waals surface area contributed by atoms with Crippen molar-refractivity contribution in [1.82, 2.24) is 0 Å². The second-order valence-corrected chi connectivity index (χ2v) is 31.0. The molecule has 5 aliphatic carbocycles. The number of benzene rings is 16. The largest absolute Gasteiger partial charge is 0.308 e. The van der Waals surface area contributed by atoms with E-state index in [2.05, 4.69) is 391 Å². The van der Waals surface area contributed by atoms with Crippen molar-refractivity contribution in [1.29, 1.82) is 0 Å². The molecule has 2 heteroatoms. The molecule has 0 aromatic heterocycles. The van der Waals surface area contributed by atoms with Gasteiger partial charge in [-0.2, -0.15) is 0 Å². The molecule has 16 aromatic rings. The van der Waals surface area contributed by atoms with E-state index in [1.54, 1.807) is 0 Å². The number of anilines is 6. The van der Waals surface area contributed by atoms with Gasteiger partial charge in [0.05, 0.1) is 11.4 Å². The second-order valence-electron chi connectivity index (χ2n) is 31.0. The Hall–Kier alpha value is -12.6. The lowest BCUT2D eigenvalue weighted by atomic mass is 9.73. The van der Waals surface area contributed by atoms with Gasteiger partial charge in [-0.1, -0.05) is 321 Å². The Morgan fingerprint density at radius 2 is 0.448 bits per heavy atom. The number of hydrogen-bond acceptors (Lipinski definition) is 2. The molecule has 2 nitrogen and oxygen atoms in total. The first-order valence-corrected chi connectivity index (χ1v) is 37.1. The molecule has 5 aliphatic rings. The Kier molecular flexibility index (Phi) is 13.2. The van der Waals surface area contributed by atoms with Crippen molar-refractivity contribution in [2.24, 2.45) is 0 Å². The van der Waals surface area contributed by atoms with Crippen LogP contribution in [-0.2, 0) is 16.2 Å². The van der Waals surface area contributed by atoms with Crippen molar-refractivity contribution in [3.63, 3.8) is 0 Å². The first-order chi connectivity index (χ1) is 51.4. The molecule has 21 rings (SSSR count). The van der Waals surface area contributed by atoms with Gasteiger partial charge in [0.15, 0.2) is 0 Å². The summed E-state index contributed by atoms with van der Waals surface area (Å²) in [5, 5.41) is 9.43. The van der Waals surface area contributed by atoms with Crippen LogP contribution in [0.25, 0.3) is 104 Å². The highest BCUT2D eigenvalue weighted by Gasteiger charge is 2.49. The van der Waals surface area contributed by atoms with E-state index >= 15 is 0 Å². The molecule has 16 aromatic carbocycles. The van der Waals surface area contributed by atoms with Gasteiger partial charge in [0.2, 0.25) is 0 Å². The smallest absolute Gasteiger partial charge is 0.0709 e. The third kappa shape index (κ3) is 8.90. The standard InChI is InChI=1S/C103H74N2/c1-101(2)87-46-21-18-37-76(87)79-40-24-43-82(98(79)101)93-85-61-90(104(72-53-49-63-27-10-14-33-68(63)57-72)73-54-50-64-28-11-15-34-69(64)58-73)91(105(74-55-51-65-29-12-16-35-70(65)59-74)75-56-52-66-30-13-17-36-71(66)60-75)62-86(85)96-92(67-31-8-7-9-32-67)94(83-44-25-41-80-77-38-19-22-47-88(77)102(3,4)99(80)83)95(97(93)96)84-45-26-42-81-78-39-20-23-48-89(78)103(5,6)100(81)84/h7-62H,1-6H3. The number of nitrogens with zero attached hydrogens (tertiary/aromatic N) is 2. The maximum Gasteiger partial charge on any atom is 0.0709 e. The fourth-order valence-electron chi connectivity index (χ4n) is 19.6. The molecule has 0 amide bonds. The summed E-state index contributed by atoms with van der Waals surface area (Å²) in [7, 11) is 0. The van der Waals surface area contributed by atoms with E-state index < -0.39 is 5.41 Å². The Balaban J connectivity index is 0.982. The average molecular weight is 1340 g/mol. The topological polar surface area (TPSA) is 6.48 Å². The van der Waals surface area contributed by atoms with E-state index in [1.807, 2.05) is 0 Å². The van der Waals surface area contributed by atoms with Crippen LogP contribution in [0.4, 0.5) is 34.1 Å². The van der Waals surface area contributed by atoms with Gasteiger partial charge in [0.1, 0.15) is 0 Å². The summed E-state index contributed by atoms with van der Waals surface area (Å²) in [6, 6.07) is 130. The normalized spacial score (nSPS) is 15.1. The van der Waals surface area contributed by atoms with E-state index in [4.69, 9.17) is 0 Å². The molecule has 0 saturated carbocycles. The van der Waals surface area contributed by atoms with Crippen molar-refractivity contribution < 1.29 is 0 Å². The third-order valence-electron chi connectivity index (χ3n) is 24.2. The molecule has 0 radical (unpaired) electrons. The molecule has 0 unspecified atom stereocenters. The lowest BCUT2D eigenvalue weighted by molar-refractivity contribution is 0.657. The monoisotopic (exact) mass is 1340 g/mol. The number of allylic oxidation sites excluding steroid dienone is 5.